The van der Waals surface area contributed by atoms with Crippen molar-refractivity contribution in [3.63, 3.8) is 0 Å². The molecule has 1 atom stereocenters. The van der Waals surface area contributed by atoms with E-state index >= 15 is 0 Å². The van der Waals surface area contributed by atoms with Crippen LogP contribution in [-0.2, 0) is 16.4 Å². The lowest BCUT2D eigenvalue weighted by molar-refractivity contribution is -0.402. The van der Waals surface area contributed by atoms with Gasteiger partial charge in [-0.2, -0.15) is 0 Å². The standard InChI is InChI=1S/C10H14N2O5S/c1-10(4-5-18(15,16)7-10)11-6-8-2-3-9(17-8)12(13)14/h2-3,11H,4-7H2,1H3. The van der Waals surface area contributed by atoms with Crippen molar-refractivity contribution in [1.29, 1.82) is 0 Å². The third kappa shape index (κ3) is 2.88. The SMILES string of the molecule is CC1(NCc2ccc([N+](=O)[O-])o2)CCS(=O)(=O)C1. The van der Waals surface area contributed by atoms with Crippen LogP contribution in [0.15, 0.2) is 16.5 Å². The van der Waals surface area contributed by atoms with Crippen molar-refractivity contribution in [3.8, 4) is 0 Å². The van der Waals surface area contributed by atoms with Crippen LogP contribution in [0.25, 0.3) is 0 Å². The molecule has 100 valence electrons. The van der Waals surface area contributed by atoms with Crippen LogP contribution in [0.4, 0.5) is 5.88 Å². The first-order valence-electron chi connectivity index (χ1n) is 5.48. The maximum Gasteiger partial charge on any atom is 0.433 e. The van der Waals surface area contributed by atoms with Crippen molar-refractivity contribution >= 4 is 15.7 Å². The van der Waals surface area contributed by atoms with Gasteiger partial charge in [-0.05, 0) is 19.4 Å². The fourth-order valence-corrected chi connectivity index (χ4v) is 4.13. The van der Waals surface area contributed by atoms with Gasteiger partial charge in [0.2, 0.25) is 0 Å². The quantitative estimate of drug-likeness (QED) is 0.645. The highest BCUT2D eigenvalue weighted by Crippen LogP contribution is 2.24. The molecular formula is C10H14N2O5S. The first kappa shape index (κ1) is 13.0. The summed E-state index contributed by atoms with van der Waals surface area (Å²) in [6.07, 6.45) is 0.540. The van der Waals surface area contributed by atoms with Crippen LogP contribution in [0.1, 0.15) is 19.1 Å². The van der Waals surface area contributed by atoms with E-state index in [1.54, 1.807) is 0 Å². The molecule has 1 aliphatic heterocycles. The van der Waals surface area contributed by atoms with Crippen molar-refractivity contribution in [1.82, 2.24) is 5.32 Å². The Balaban J connectivity index is 1.97. The number of rotatable bonds is 4. The molecule has 8 heteroatoms. The molecule has 18 heavy (non-hydrogen) atoms. The summed E-state index contributed by atoms with van der Waals surface area (Å²) in [6, 6.07) is 2.79. The molecule has 0 aromatic carbocycles. The van der Waals surface area contributed by atoms with Gasteiger partial charge in [-0.15, -0.1) is 0 Å². The highest BCUT2D eigenvalue weighted by Gasteiger charge is 2.37. The molecule has 1 N–H and O–H groups in total. The smallest absolute Gasteiger partial charge is 0.404 e. The van der Waals surface area contributed by atoms with E-state index in [-0.39, 0.29) is 23.9 Å². The second-order valence-electron chi connectivity index (χ2n) is 4.75. The van der Waals surface area contributed by atoms with Gasteiger partial charge in [-0.25, -0.2) is 8.42 Å². The molecule has 2 rings (SSSR count). The van der Waals surface area contributed by atoms with E-state index in [1.807, 2.05) is 6.92 Å². The fraction of sp³-hybridized carbons (Fsp3) is 0.600. The summed E-state index contributed by atoms with van der Waals surface area (Å²) in [5.74, 6) is 0.376. The summed E-state index contributed by atoms with van der Waals surface area (Å²) in [5, 5.41) is 13.5. The Morgan fingerprint density at radius 1 is 1.56 bits per heavy atom. The van der Waals surface area contributed by atoms with Crippen LogP contribution < -0.4 is 5.32 Å². The van der Waals surface area contributed by atoms with E-state index in [9.17, 15) is 18.5 Å². The van der Waals surface area contributed by atoms with Gasteiger partial charge in [-0.3, -0.25) is 10.1 Å². The zero-order valence-corrected chi connectivity index (χ0v) is 10.7. The summed E-state index contributed by atoms with van der Waals surface area (Å²) >= 11 is 0. The Kier molecular flexibility index (Phi) is 3.16. The van der Waals surface area contributed by atoms with Crippen LogP contribution in [-0.4, -0.2) is 30.4 Å². The molecule has 1 aromatic rings. The van der Waals surface area contributed by atoms with E-state index in [4.69, 9.17) is 4.42 Å². The maximum absolute atomic E-state index is 11.4. The second-order valence-corrected chi connectivity index (χ2v) is 6.94. The normalized spacial score (nSPS) is 26.3. The Hall–Kier alpha value is -1.41. The van der Waals surface area contributed by atoms with E-state index in [0.29, 0.717) is 12.2 Å². The largest absolute Gasteiger partial charge is 0.433 e. The lowest BCUT2D eigenvalue weighted by Crippen LogP contribution is -2.42. The molecule has 1 saturated heterocycles. The van der Waals surface area contributed by atoms with Gasteiger partial charge in [0.15, 0.2) is 9.84 Å². The van der Waals surface area contributed by atoms with Crippen molar-refractivity contribution in [2.75, 3.05) is 11.5 Å². The molecular weight excluding hydrogens is 260 g/mol. The Morgan fingerprint density at radius 3 is 2.78 bits per heavy atom. The van der Waals surface area contributed by atoms with Crippen molar-refractivity contribution in [3.05, 3.63) is 28.0 Å². The van der Waals surface area contributed by atoms with E-state index in [1.165, 1.54) is 12.1 Å². The number of furan rings is 1. The minimum absolute atomic E-state index is 0.0861. The number of nitro groups is 1. The fourth-order valence-electron chi connectivity index (χ4n) is 2.01. The lowest BCUT2D eigenvalue weighted by atomic mass is 10.0. The molecule has 0 spiro atoms. The molecule has 0 radical (unpaired) electrons. The van der Waals surface area contributed by atoms with Crippen LogP contribution in [0.2, 0.25) is 0 Å². The number of hydrogen-bond donors (Lipinski definition) is 1. The van der Waals surface area contributed by atoms with Crippen LogP contribution in [0.3, 0.4) is 0 Å². The predicted molar refractivity (Wildman–Crippen MR) is 63.9 cm³/mol. The molecule has 2 heterocycles. The maximum atomic E-state index is 11.4. The van der Waals surface area contributed by atoms with E-state index in [2.05, 4.69) is 5.32 Å². The molecule has 1 unspecified atom stereocenters. The Bertz CT molecular complexity index is 565. The summed E-state index contributed by atoms with van der Waals surface area (Å²) < 4.78 is 27.8. The van der Waals surface area contributed by atoms with Gasteiger partial charge in [0.05, 0.1) is 24.1 Å². The summed E-state index contributed by atoms with van der Waals surface area (Å²) in [4.78, 5) is 9.83. The average molecular weight is 274 g/mol. The topological polar surface area (TPSA) is 102 Å². The zero-order valence-electron chi connectivity index (χ0n) is 9.88. The van der Waals surface area contributed by atoms with E-state index in [0.717, 1.165) is 0 Å². The van der Waals surface area contributed by atoms with Gasteiger partial charge in [0, 0.05) is 5.54 Å². The first-order chi connectivity index (χ1) is 8.30. The summed E-state index contributed by atoms with van der Waals surface area (Å²) in [6.45, 7) is 2.11. The lowest BCUT2D eigenvalue weighted by Gasteiger charge is -2.23. The average Bonchev–Trinajstić information content (AvgIpc) is 2.81. The highest BCUT2D eigenvalue weighted by molar-refractivity contribution is 7.91. The number of nitrogens with one attached hydrogen (secondary N) is 1. The Labute approximate surface area is 104 Å². The van der Waals surface area contributed by atoms with Gasteiger partial charge in [0.25, 0.3) is 0 Å². The van der Waals surface area contributed by atoms with Gasteiger partial charge in [-0.1, -0.05) is 0 Å². The Morgan fingerprint density at radius 2 is 2.28 bits per heavy atom. The van der Waals surface area contributed by atoms with Gasteiger partial charge < -0.3 is 9.73 Å². The molecule has 0 bridgehead atoms. The summed E-state index contributed by atoms with van der Waals surface area (Å²) in [5.41, 5.74) is -0.486. The van der Waals surface area contributed by atoms with Crippen LogP contribution in [0, 0.1) is 10.1 Å². The molecule has 1 aromatic heterocycles. The molecule has 0 saturated carbocycles. The second kappa shape index (κ2) is 4.36. The molecule has 1 aliphatic rings. The first-order valence-corrected chi connectivity index (χ1v) is 7.30. The summed E-state index contributed by atoms with van der Waals surface area (Å²) in [7, 11) is -2.97. The molecule has 7 nitrogen and oxygen atoms in total. The monoisotopic (exact) mass is 274 g/mol. The van der Waals surface area contributed by atoms with Gasteiger partial charge >= 0.3 is 5.88 Å². The minimum Gasteiger partial charge on any atom is -0.404 e. The zero-order chi connectivity index (χ0) is 13.4. The number of hydrogen-bond acceptors (Lipinski definition) is 6. The van der Waals surface area contributed by atoms with Crippen molar-refractivity contribution in [2.45, 2.75) is 25.4 Å². The molecule has 0 aliphatic carbocycles. The van der Waals surface area contributed by atoms with Crippen LogP contribution in [0.5, 0.6) is 0 Å². The number of sulfone groups is 1. The van der Waals surface area contributed by atoms with Crippen LogP contribution >= 0.6 is 0 Å². The third-order valence-electron chi connectivity index (χ3n) is 3.02. The van der Waals surface area contributed by atoms with Crippen molar-refractivity contribution < 1.29 is 17.8 Å². The molecule has 1 fully saturated rings. The predicted octanol–water partition coefficient (Wildman–Crippen LogP) is 0.855. The van der Waals surface area contributed by atoms with Gasteiger partial charge in [0.1, 0.15) is 10.7 Å². The van der Waals surface area contributed by atoms with E-state index < -0.39 is 20.3 Å². The minimum atomic E-state index is -2.97. The number of nitrogens with zero attached hydrogens (tertiary/aromatic N) is 1. The third-order valence-corrected chi connectivity index (χ3v) is 4.92. The highest BCUT2D eigenvalue weighted by atomic mass is 32.2. The molecule has 0 amide bonds. The van der Waals surface area contributed by atoms with Crippen molar-refractivity contribution in [2.24, 2.45) is 0 Å².